The Labute approximate surface area is 172 Å². The molecule has 2 N–H and O–H groups in total. The number of rotatable bonds is 5. The maximum Gasteiger partial charge on any atom is 0.274 e. The maximum atomic E-state index is 12.6. The van der Waals surface area contributed by atoms with Crippen molar-refractivity contribution in [1.29, 1.82) is 0 Å². The first-order valence-electron chi connectivity index (χ1n) is 10.4. The molecule has 0 aromatic carbocycles. The lowest BCUT2D eigenvalue weighted by Gasteiger charge is -2.09. The van der Waals surface area contributed by atoms with Crippen molar-refractivity contribution in [2.24, 2.45) is 0 Å². The van der Waals surface area contributed by atoms with E-state index in [-0.39, 0.29) is 11.9 Å². The zero-order chi connectivity index (χ0) is 20.2. The summed E-state index contributed by atoms with van der Waals surface area (Å²) in [6.07, 6.45) is 10.2. The summed E-state index contributed by atoms with van der Waals surface area (Å²) >= 11 is 0. The van der Waals surface area contributed by atoms with E-state index in [2.05, 4.69) is 53.5 Å². The van der Waals surface area contributed by atoms with Crippen molar-refractivity contribution >= 4 is 11.6 Å². The molecule has 4 heterocycles. The maximum absolute atomic E-state index is 12.6. The van der Waals surface area contributed by atoms with Crippen molar-refractivity contribution in [2.45, 2.75) is 51.1 Å². The van der Waals surface area contributed by atoms with E-state index in [4.69, 9.17) is 0 Å². The Kier molecular flexibility index (Phi) is 3.77. The molecule has 1 saturated carbocycles. The van der Waals surface area contributed by atoms with Crippen LogP contribution in [0.5, 0.6) is 0 Å². The van der Waals surface area contributed by atoms with Gasteiger partial charge < -0.3 is 9.72 Å². The number of hydrogen-bond acceptors (Lipinski definition) is 5. The molecule has 2 aliphatic carbocycles. The second-order valence-corrected chi connectivity index (χ2v) is 8.31. The Balaban J connectivity index is 1.16. The average Bonchev–Trinajstić information content (AvgIpc) is 3.06. The van der Waals surface area contributed by atoms with Crippen molar-refractivity contribution in [2.75, 3.05) is 0 Å². The number of carbonyl (C=O) groups is 1. The van der Waals surface area contributed by atoms with Gasteiger partial charge in [-0.15, -0.1) is 5.10 Å². The van der Waals surface area contributed by atoms with Gasteiger partial charge in [-0.05, 0) is 55.7 Å². The quantitative estimate of drug-likeness (QED) is 0.533. The van der Waals surface area contributed by atoms with Gasteiger partial charge in [-0.2, -0.15) is 5.10 Å². The van der Waals surface area contributed by atoms with E-state index >= 15 is 0 Å². The Hall–Kier alpha value is -3.49. The van der Waals surface area contributed by atoms with Crippen LogP contribution in [0.4, 0.5) is 0 Å². The molecule has 9 heteroatoms. The lowest BCUT2D eigenvalue weighted by atomic mass is 10.2. The minimum absolute atomic E-state index is 0.0818. The number of aryl methyl sites for hydroxylation is 1. The number of nitrogens with zero attached hydrogens (tertiary/aromatic N) is 6. The normalized spacial score (nSPS) is 18.1. The van der Waals surface area contributed by atoms with E-state index in [1.54, 1.807) is 10.9 Å². The third kappa shape index (κ3) is 2.97. The second-order valence-electron chi connectivity index (χ2n) is 8.31. The summed E-state index contributed by atoms with van der Waals surface area (Å²) in [6.45, 7) is 2.47. The highest BCUT2D eigenvalue weighted by Gasteiger charge is 2.29. The molecule has 4 aromatic rings. The molecule has 1 fully saturated rings. The first kappa shape index (κ1) is 17.4. The van der Waals surface area contributed by atoms with Gasteiger partial charge in [-0.25, -0.2) is 9.67 Å². The van der Waals surface area contributed by atoms with Gasteiger partial charge in [-0.3, -0.25) is 9.89 Å². The van der Waals surface area contributed by atoms with Gasteiger partial charge in [-0.1, -0.05) is 11.3 Å². The Morgan fingerprint density at radius 2 is 2.13 bits per heavy atom. The summed E-state index contributed by atoms with van der Waals surface area (Å²) in [5, 5.41) is 18.5. The topological polar surface area (TPSA) is 106 Å². The molecule has 1 unspecified atom stereocenters. The van der Waals surface area contributed by atoms with Gasteiger partial charge in [0.2, 0.25) is 0 Å². The van der Waals surface area contributed by atoms with Crippen molar-refractivity contribution in [3.05, 3.63) is 64.6 Å². The molecule has 9 nitrogen and oxygen atoms in total. The van der Waals surface area contributed by atoms with Gasteiger partial charge in [0.15, 0.2) is 5.69 Å². The van der Waals surface area contributed by atoms with Crippen LogP contribution in [0, 0.1) is 6.92 Å². The molecule has 30 heavy (non-hydrogen) atoms. The van der Waals surface area contributed by atoms with Crippen LogP contribution in [0.15, 0.2) is 30.7 Å². The van der Waals surface area contributed by atoms with E-state index < -0.39 is 0 Å². The van der Waals surface area contributed by atoms with E-state index in [0.717, 1.165) is 35.6 Å². The Bertz CT molecular complexity index is 1260. The van der Waals surface area contributed by atoms with Crippen molar-refractivity contribution < 1.29 is 4.79 Å². The van der Waals surface area contributed by atoms with E-state index in [9.17, 15) is 4.79 Å². The molecule has 0 saturated heterocycles. The number of aromatic nitrogens is 7. The minimum Gasteiger partial charge on any atom is -0.342 e. The molecule has 0 aliphatic heterocycles. The summed E-state index contributed by atoms with van der Waals surface area (Å²) in [6, 6.07) is 4.14. The van der Waals surface area contributed by atoms with Crippen LogP contribution in [-0.4, -0.2) is 40.5 Å². The number of pyridine rings is 1. The SMILES string of the molecule is Cc1[nH]nc2c1CCC2NC(=O)c1cn(Cc2cn3cc(C4CC4)ccc3n2)nn1. The number of amides is 1. The lowest BCUT2D eigenvalue weighted by molar-refractivity contribution is 0.0930. The highest BCUT2D eigenvalue weighted by molar-refractivity contribution is 5.92. The third-order valence-electron chi connectivity index (χ3n) is 6.09. The Morgan fingerprint density at radius 3 is 3.00 bits per heavy atom. The molecule has 2 aliphatic rings. The van der Waals surface area contributed by atoms with E-state index in [1.807, 2.05) is 13.1 Å². The fourth-order valence-electron chi connectivity index (χ4n) is 4.31. The fraction of sp³-hybridized carbons (Fsp3) is 0.381. The van der Waals surface area contributed by atoms with Crippen LogP contribution in [0.25, 0.3) is 5.65 Å². The fourth-order valence-corrected chi connectivity index (χ4v) is 4.31. The highest BCUT2D eigenvalue weighted by atomic mass is 16.2. The summed E-state index contributed by atoms with van der Waals surface area (Å²) < 4.78 is 3.72. The number of fused-ring (bicyclic) bond motifs is 2. The molecule has 0 bridgehead atoms. The predicted octanol–water partition coefficient (Wildman–Crippen LogP) is 2.30. The van der Waals surface area contributed by atoms with Gasteiger partial charge in [0.05, 0.1) is 30.2 Å². The molecule has 0 spiro atoms. The van der Waals surface area contributed by atoms with Gasteiger partial charge >= 0.3 is 0 Å². The van der Waals surface area contributed by atoms with Crippen LogP contribution >= 0.6 is 0 Å². The number of nitrogens with one attached hydrogen (secondary N) is 2. The molecule has 6 rings (SSSR count). The predicted molar refractivity (Wildman–Crippen MR) is 108 cm³/mol. The zero-order valence-electron chi connectivity index (χ0n) is 16.7. The number of imidazole rings is 1. The van der Waals surface area contributed by atoms with Gasteiger partial charge in [0.25, 0.3) is 5.91 Å². The van der Waals surface area contributed by atoms with Crippen LogP contribution in [-0.2, 0) is 13.0 Å². The molecule has 1 amide bonds. The second kappa shape index (κ2) is 6.51. The first-order valence-corrected chi connectivity index (χ1v) is 10.4. The van der Waals surface area contributed by atoms with Gasteiger partial charge in [0.1, 0.15) is 5.65 Å². The number of carbonyl (C=O) groups excluding carboxylic acids is 1. The smallest absolute Gasteiger partial charge is 0.274 e. The summed E-state index contributed by atoms with van der Waals surface area (Å²) in [4.78, 5) is 17.3. The standard InChI is InChI=1S/C21H22N8O/c1-12-16-5-6-17(20(16)26-24-12)23-21(30)18-11-29(27-25-18)10-15-9-28-8-14(13-2-3-13)4-7-19(28)22-15/h4,7-9,11,13,17H,2-3,5-6,10H2,1H3,(H,23,30)(H,24,26). The van der Waals surface area contributed by atoms with Crippen LogP contribution in [0.2, 0.25) is 0 Å². The van der Waals surface area contributed by atoms with Crippen LogP contribution < -0.4 is 5.32 Å². The van der Waals surface area contributed by atoms with Crippen molar-refractivity contribution in [1.82, 2.24) is 39.9 Å². The monoisotopic (exact) mass is 402 g/mol. The molecule has 152 valence electrons. The number of H-pyrrole nitrogens is 1. The molecular weight excluding hydrogens is 380 g/mol. The molecule has 1 atom stereocenters. The van der Waals surface area contributed by atoms with Crippen LogP contribution in [0.1, 0.15) is 69.9 Å². The molecule has 0 radical (unpaired) electrons. The minimum atomic E-state index is -0.233. The number of aromatic amines is 1. The number of hydrogen-bond donors (Lipinski definition) is 2. The van der Waals surface area contributed by atoms with E-state index in [1.165, 1.54) is 24.0 Å². The van der Waals surface area contributed by atoms with Gasteiger partial charge in [0, 0.05) is 18.1 Å². The van der Waals surface area contributed by atoms with Crippen LogP contribution in [0.3, 0.4) is 0 Å². The zero-order valence-corrected chi connectivity index (χ0v) is 16.7. The summed E-state index contributed by atoms with van der Waals surface area (Å²) in [5.41, 5.74) is 6.68. The Morgan fingerprint density at radius 1 is 1.23 bits per heavy atom. The van der Waals surface area contributed by atoms with Crippen molar-refractivity contribution in [3.8, 4) is 0 Å². The first-order chi connectivity index (χ1) is 14.6. The summed E-state index contributed by atoms with van der Waals surface area (Å²) in [7, 11) is 0. The van der Waals surface area contributed by atoms with E-state index in [0.29, 0.717) is 18.2 Å². The third-order valence-corrected chi connectivity index (χ3v) is 6.09. The molecule has 4 aromatic heterocycles. The molecular formula is C21H22N8O. The largest absolute Gasteiger partial charge is 0.342 e. The lowest BCUT2D eigenvalue weighted by Crippen LogP contribution is -2.27. The summed E-state index contributed by atoms with van der Waals surface area (Å²) in [5.74, 6) is 0.474. The van der Waals surface area contributed by atoms with Crippen molar-refractivity contribution in [3.63, 3.8) is 0 Å². The average molecular weight is 402 g/mol. The highest BCUT2D eigenvalue weighted by Crippen LogP contribution is 2.39.